The Morgan fingerprint density at radius 1 is 1.27 bits per heavy atom. The molecule has 1 aliphatic heterocycles. The van der Waals surface area contributed by atoms with Crippen molar-refractivity contribution < 1.29 is 28.2 Å². The number of hydrogen-bond acceptors (Lipinski definition) is 8. The number of aromatic amines is 1. The summed E-state index contributed by atoms with van der Waals surface area (Å²) in [5.74, 6) is -2.41. The van der Waals surface area contributed by atoms with Gasteiger partial charge in [0.2, 0.25) is 5.91 Å². The van der Waals surface area contributed by atoms with Crippen LogP contribution in [-0.4, -0.2) is 51.4 Å². The maximum Gasteiger partial charge on any atom is 0.338 e. The molecule has 1 saturated heterocycles. The molecule has 0 unspecified atom stereocenters. The van der Waals surface area contributed by atoms with Crippen LogP contribution in [0, 0.1) is 11.7 Å². The third-order valence-electron chi connectivity index (χ3n) is 5.04. The zero-order chi connectivity index (χ0) is 23.4. The number of rotatable bonds is 10. The number of Topliss-reactive ketones (excluding diaryl/α,β-unsaturated/α-hetero) is 1. The average Bonchev–Trinajstić information content (AvgIpc) is 3.19. The Labute approximate surface area is 192 Å². The number of hydrogen-bond donors (Lipinski definition) is 2. The summed E-state index contributed by atoms with van der Waals surface area (Å²) in [6.07, 6.45) is 1.38. The summed E-state index contributed by atoms with van der Waals surface area (Å²) in [5.41, 5.74) is 2.00. The van der Waals surface area contributed by atoms with Crippen molar-refractivity contribution in [1.29, 1.82) is 0 Å². The summed E-state index contributed by atoms with van der Waals surface area (Å²) in [4.78, 5) is 48.7. The molecule has 4 rings (SSSR count). The van der Waals surface area contributed by atoms with Gasteiger partial charge in [-0.3, -0.25) is 9.59 Å². The van der Waals surface area contributed by atoms with E-state index in [1.54, 1.807) is 30.6 Å². The van der Waals surface area contributed by atoms with E-state index in [2.05, 4.69) is 20.3 Å². The summed E-state index contributed by atoms with van der Waals surface area (Å²) in [7, 11) is 0. The van der Waals surface area contributed by atoms with Crippen LogP contribution >= 0.6 is 11.3 Å². The molecule has 2 N–H and O–H groups in total. The molecule has 0 aliphatic carbocycles. The van der Waals surface area contributed by atoms with Crippen LogP contribution in [0.4, 0.5) is 9.52 Å². The van der Waals surface area contributed by atoms with Gasteiger partial charge < -0.3 is 19.8 Å². The predicted octanol–water partition coefficient (Wildman–Crippen LogP) is 2.76. The van der Waals surface area contributed by atoms with Gasteiger partial charge in [0.1, 0.15) is 5.82 Å². The number of ether oxygens (including phenoxy) is 2. The van der Waals surface area contributed by atoms with E-state index in [0.29, 0.717) is 22.1 Å². The van der Waals surface area contributed by atoms with Crippen LogP contribution in [0.1, 0.15) is 19.0 Å². The van der Waals surface area contributed by atoms with Crippen LogP contribution < -0.4 is 5.32 Å². The first kappa shape index (κ1) is 22.7. The zero-order valence-corrected chi connectivity index (χ0v) is 18.4. The number of nitrogens with one attached hydrogen (secondary N) is 2. The number of aromatic nitrogens is 3. The fraction of sp³-hybridized carbons (Fsp3) is 0.318. The Hall–Kier alpha value is -3.44. The first-order chi connectivity index (χ1) is 15.9. The minimum absolute atomic E-state index is 0.123. The summed E-state index contributed by atoms with van der Waals surface area (Å²) in [6.45, 7) is 1.86. The molecular weight excluding hydrogens is 451 g/mol. The molecule has 1 amide bonds. The molecular formula is C22H21FN4O5S. The average molecular weight is 472 g/mol. The molecule has 9 nitrogen and oxygen atoms in total. The van der Waals surface area contributed by atoms with E-state index in [4.69, 9.17) is 9.47 Å². The van der Waals surface area contributed by atoms with Crippen molar-refractivity contribution in [3.05, 3.63) is 53.7 Å². The second-order valence-electron chi connectivity index (χ2n) is 7.41. The number of amides is 1. The summed E-state index contributed by atoms with van der Waals surface area (Å²) in [6, 6.07) is 5.88. The minimum atomic E-state index is -0.912. The van der Waals surface area contributed by atoms with Gasteiger partial charge >= 0.3 is 5.97 Å². The molecule has 1 aromatic carbocycles. The number of halogens is 1. The van der Waals surface area contributed by atoms with E-state index < -0.39 is 30.0 Å². The van der Waals surface area contributed by atoms with E-state index in [9.17, 15) is 18.8 Å². The Balaban J connectivity index is 1.42. The van der Waals surface area contributed by atoms with E-state index in [-0.39, 0.29) is 31.0 Å². The number of imidazole rings is 1. The number of H-pyrrole nitrogens is 1. The van der Waals surface area contributed by atoms with Gasteiger partial charge in [-0.2, -0.15) is 0 Å². The van der Waals surface area contributed by atoms with Gasteiger partial charge in [0.05, 0.1) is 24.5 Å². The largest absolute Gasteiger partial charge is 0.464 e. The molecule has 0 radical (unpaired) electrons. The second kappa shape index (κ2) is 10.0. The Morgan fingerprint density at radius 3 is 2.76 bits per heavy atom. The van der Waals surface area contributed by atoms with Gasteiger partial charge in [-0.25, -0.2) is 19.2 Å². The standard InChI is InChI=1S/C22H21FN4O5S/c1-2-31-21(30)19-18(32-19)17(28)8-13(7-15-9-24-11-25-15)20(29)27-22-26-16(10-33-22)12-3-5-14(23)6-4-12/h3-6,9-11,13,18-19H,2,7-8H2,1H3,(H,24,25)(H,26,27,29)/t13-,18-,19+/m1/s1. The highest BCUT2D eigenvalue weighted by atomic mass is 32.1. The Kier molecular flexibility index (Phi) is 6.90. The van der Waals surface area contributed by atoms with Crippen molar-refractivity contribution in [2.75, 3.05) is 11.9 Å². The number of thiazole rings is 1. The Bertz CT molecular complexity index is 1130. The third kappa shape index (κ3) is 5.68. The van der Waals surface area contributed by atoms with Crippen LogP contribution in [-0.2, 0) is 30.3 Å². The lowest BCUT2D eigenvalue weighted by Gasteiger charge is -2.14. The van der Waals surface area contributed by atoms with Gasteiger partial charge in [-0.15, -0.1) is 11.3 Å². The van der Waals surface area contributed by atoms with E-state index in [0.717, 1.165) is 0 Å². The highest BCUT2D eigenvalue weighted by molar-refractivity contribution is 7.14. The lowest BCUT2D eigenvalue weighted by molar-refractivity contribution is -0.144. The molecule has 3 aromatic rings. The van der Waals surface area contributed by atoms with Gasteiger partial charge in [-0.1, -0.05) is 0 Å². The molecule has 11 heteroatoms. The normalized spacial score (nSPS) is 17.9. The highest BCUT2D eigenvalue weighted by Gasteiger charge is 2.51. The van der Waals surface area contributed by atoms with Gasteiger partial charge in [-0.05, 0) is 31.2 Å². The zero-order valence-electron chi connectivity index (χ0n) is 17.6. The SMILES string of the molecule is CCOC(=O)[C@H]1O[C@@H]1C(=O)C[C@@H](Cc1cnc[nH]1)C(=O)Nc1nc(-c2ccc(F)cc2)cs1. The molecule has 0 spiro atoms. The number of carbonyl (C=O) groups is 3. The monoisotopic (exact) mass is 472 g/mol. The van der Waals surface area contributed by atoms with E-state index in [1.165, 1.54) is 29.8 Å². The quantitative estimate of drug-likeness (QED) is 0.343. The van der Waals surface area contributed by atoms with Gasteiger partial charge in [0.25, 0.3) is 0 Å². The molecule has 172 valence electrons. The highest BCUT2D eigenvalue weighted by Crippen LogP contribution is 2.29. The van der Waals surface area contributed by atoms with Crippen LogP contribution in [0.2, 0.25) is 0 Å². The lowest BCUT2D eigenvalue weighted by Crippen LogP contribution is -2.29. The van der Waals surface area contributed by atoms with Crippen molar-refractivity contribution in [3.63, 3.8) is 0 Å². The number of ketones is 1. The lowest BCUT2D eigenvalue weighted by atomic mass is 9.94. The van der Waals surface area contributed by atoms with Gasteiger partial charge in [0.15, 0.2) is 23.1 Å². The maximum atomic E-state index is 13.2. The number of nitrogens with zero attached hydrogens (tertiary/aromatic N) is 2. The van der Waals surface area contributed by atoms with Gasteiger partial charge in [0, 0.05) is 35.7 Å². The number of epoxide rings is 1. The summed E-state index contributed by atoms with van der Waals surface area (Å²) >= 11 is 1.22. The minimum Gasteiger partial charge on any atom is -0.464 e. The number of esters is 1. The molecule has 33 heavy (non-hydrogen) atoms. The first-order valence-corrected chi connectivity index (χ1v) is 11.2. The molecule has 1 fully saturated rings. The van der Waals surface area contributed by atoms with E-state index >= 15 is 0 Å². The van der Waals surface area contributed by atoms with Crippen LogP contribution in [0.5, 0.6) is 0 Å². The van der Waals surface area contributed by atoms with Crippen molar-refractivity contribution >= 4 is 34.1 Å². The maximum absolute atomic E-state index is 13.2. The Morgan fingerprint density at radius 2 is 2.06 bits per heavy atom. The molecule has 2 aromatic heterocycles. The molecule has 0 saturated carbocycles. The number of anilines is 1. The molecule has 3 heterocycles. The fourth-order valence-corrected chi connectivity index (χ4v) is 4.05. The summed E-state index contributed by atoms with van der Waals surface area (Å²) in [5, 5.41) is 4.86. The fourth-order valence-electron chi connectivity index (χ4n) is 3.33. The van der Waals surface area contributed by atoms with Crippen molar-refractivity contribution in [3.8, 4) is 11.3 Å². The van der Waals surface area contributed by atoms with E-state index in [1.807, 2.05) is 0 Å². The van der Waals surface area contributed by atoms with Crippen LogP contribution in [0.3, 0.4) is 0 Å². The third-order valence-corrected chi connectivity index (χ3v) is 5.80. The van der Waals surface area contributed by atoms with Crippen molar-refractivity contribution in [1.82, 2.24) is 15.0 Å². The number of carbonyl (C=O) groups excluding carboxylic acids is 3. The predicted molar refractivity (Wildman–Crippen MR) is 117 cm³/mol. The smallest absolute Gasteiger partial charge is 0.338 e. The van der Waals surface area contributed by atoms with Crippen LogP contribution in [0.15, 0.2) is 42.2 Å². The molecule has 0 bridgehead atoms. The number of benzene rings is 1. The molecule has 3 atom stereocenters. The van der Waals surface area contributed by atoms with Crippen molar-refractivity contribution in [2.45, 2.75) is 32.0 Å². The summed E-state index contributed by atoms with van der Waals surface area (Å²) < 4.78 is 23.2. The molecule has 1 aliphatic rings. The topological polar surface area (TPSA) is 127 Å². The first-order valence-electron chi connectivity index (χ1n) is 10.3. The second-order valence-corrected chi connectivity index (χ2v) is 8.27. The van der Waals surface area contributed by atoms with Crippen molar-refractivity contribution in [2.24, 2.45) is 5.92 Å². The van der Waals surface area contributed by atoms with Crippen LogP contribution in [0.25, 0.3) is 11.3 Å².